The molecule has 1 unspecified atom stereocenters. The van der Waals surface area contributed by atoms with E-state index in [1.54, 1.807) is 0 Å². The monoisotopic (exact) mass is 253 g/mol. The molecule has 1 rings (SSSR count). The van der Waals surface area contributed by atoms with Crippen molar-refractivity contribution in [2.75, 3.05) is 13.1 Å². The lowest BCUT2D eigenvalue weighted by Crippen LogP contribution is -2.12. The number of Topliss-reactive ketones (excluding diaryl/α,β-unsaturated/α-hetero) is 1. The van der Waals surface area contributed by atoms with Crippen LogP contribution < -0.4 is 5.32 Å². The molecule has 0 aromatic carbocycles. The van der Waals surface area contributed by atoms with Crippen molar-refractivity contribution in [1.29, 1.82) is 0 Å². The van der Waals surface area contributed by atoms with Gasteiger partial charge in [-0.3, -0.25) is 4.79 Å². The fourth-order valence-electron chi connectivity index (χ4n) is 2.77. The maximum Gasteiger partial charge on any atom is 0.133 e. The molecule has 1 saturated heterocycles. The van der Waals surface area contributed by atoms with Gasteiger partial charge in [-0.1, -0.05) is 51.9 Å². The maximum atomic E-state index is 11.7. The Bertz CT molecular complexity index is 209. The van der Waals surface area contributed by atoms with E-state index in [-0.39, 0.29) is 0 Å². The highest BCUT2D eigenvalue weighted by molar-refractivity contribution is 5.78. The minimum atomic E-state index is 0.495. The van der Waals surface area contributed by atoms with Crippen LogP contribution in [0.5, 0.6) is 0 Å². The van der Waals surface area contributed by atoms with Crippen LogP contribution in [0.3, 0.4) is 0 Å². The van der Waals surface area contributed by atoms with Crippen molar-refractivity contribution in [2.24, 2.45) is 5.92 Å². The van der Waals surface area contributed by atoms with Crippen LogP contribution in [0.1, 0.15) is 77.6 Å². The first-order chi connectivity index (χ1) is 8.83. The first kappa shape index (κ1) is 15.7. The summed E-state index contributed by atoms with van der Waals surface area (Å²) in [6.07, 6.45) is 13.4. The molecule has 1 heterocycles. The topological polar surface area (TPSA) is 29.1 Å². The highest BCUT2D eigenvalue weighted by Gasteiger charge is 2.17. The van der Waals surface area contributed by atoms with Crippen molar-refractivity contribution in [3.63, 3.8) is 0 Å². The van der Waals surface area contributed by atoms with Crippen molar-refractivity contribution in [3.8, 4) is 0 Å². The van der Waals surface area contributed by atoms with Gasteiger partial charge in [0, 0.05) is 12.8 Å². The normalized spacial score (nSPS) is 19.3. The van der Waals surface area contributed by atoms with Crippen LogP contribution in [0.4, 0.5) is 0 Å². The minimum Gasteiger partial charge on any atom is -0.316 e. The zero-order valence-corrected chi connectivity index (χ0v) is 12.2. The molecule has 1 aliphatic rings. The van der Waals surface area contributed by atoms with E-state index in [9.17, 15) is 4.79 Å². The fourth-order valence-corrected chi connectivity index (χ4v) is 2.77. The summed E-state index contributed by atoms with van der Waals surface area (Å²) in [5.41, 5.74) is 0. The first-order valence-electron chi connectivity index (χ1n) is 8.05. The van der Waals surface area contributed by atoms with Gasteiger partial charge in [0.05, 0.1) is 0 Å². The molecule has 18 heavy (non-hydrogen) atoms. The Morgan fingerprint density at radius 3 is 2.33 bits per heavy atom. The Labute approximate surface area is 113 Å². The Hall–Kier alpha value is -0.370. The Kier molecular flexibility index (Phi) is 9.19. The molecule has 0 saturated carbocycles. The average molecular weight is 253 g/mol. The molecule has 0 spiro atoms. The van der Waals surface area contributed by atoms with Gasteiger partial charge < -0.3 is 5.32 Å². The van der Waals surface area contributed by atoms with Crippen LogP contribution in [-0.2, 0) is 4.79 Å². The van der Waals surface area contributed by atoms with Gasteiger partial charge in [0.15, 0.2) is 0 Å². The summed E-state index contributed by atoms with van der Waals surface area (Å²) < 4.78 is 0. The third-order valence-corrected chi connectivity index (χ3v) is 3.99. The molecular weight excluding hydrogens is 222 g/mol. The average Bonchev–Trinajstić information content (AvgIpc) is 2.85. The summed E-state index contributed by atoms with van der Waals surface area (Å²) in [5, 5.41) is 3.33. The molecule has 0 aromatic heterocycles. The second kappa shape index (κ2) is 10.5. The summed E-state index contributed by atoms with van der Waals surface area (Å²) in [6.45, 7) is 4.42. The van der Waals surface area contributed by atoms with Crippen molar-refractivity contribution in [3.05, 3.63) is 0 Å². The summed E-state index contributed by atoms with van der Waals surface area (Å²) in [4.78, 5) is 11.7. The lowest BCUT2D eigenvalue weighted by atomic mass is 9.98. The number of hydrogen-bond donors (Lipinski definition) is 1. The number of ketones is 1. The van der Waals surface area contributed by atoms with Crippen LogP contribution in [0, 0.1) is 5.92 Å². The van der Waals surface area contributed by atoms with Gasteiger partial charge in [-0.25, -0.2) is 0 Å². The zero-order valence-electron chi connectivity index (χ0n) is 12.2. The second-order valence-corrected chi connectivity index (χ2v) is 5.83. The zero-order chi connectivity index (χ0) is 13.1. The molecular formula is C16H31NO. The summed E-state index contributed by atoms with van der Waals surface area (Å²) in [6, 6.07) is 0. The number of carbonyl (C=O) groups excluding carboxylic acids is 1. The predicted molar refractivity (Wildman–Crippen MR) is 77.8 cm³/mol. The minimum absolute atomic E-state index is 0.495. The number of hydrogen-bond acceptors (Lipinski definition) is 2. The standard InChI is InChI=1S/C16H31NO/c1-2-3-4-5-6-7-8-9-10-16(18)13-15-11-12-17-14-15/h15,17H,2-14H2,1H3. The molecule has 0 radical (unpaired) electrons. The summed E-state index contributed by atoms with van der Waals surface area (Å²) in [7, 11) is 0. The Morgan fingerprint density at radius 1 is 1.06 bits per heavy atom. The summed E-state index contributed by atoms with van der Waals surface area (Å²) >= 11 is 0. The van der Waals surface area contributed by atoms with E-state index in [2.05, 4.69) is 12.2 Å². The third-order valence-electron chi connectivity index (χ3n) is 3.99. The van der Waals surface area contributed by atoms with Crippen molar-refractivity contribution < 1.29 is 4.79 Å². The summed E-state index contributed by atoms with van der Waals surface area (Å²) in [5.74, 6) is 1.13. The van der Waals surface area contributed by atoms with Crippen molar-refractivity contribution >= 4 is 5.78 Å². The van der Waals surface area contributed by atoms with Gasteiger partial charge in [-0.05, 0) is 31.8 Å². The quantitative estimate of drug-likeness (QED) is 0.562. The van der Waals surface area contributed by atoms with Crippen LogP contribution in [0.2, 0.25) is 0 Å². The molecule has 106 valence electrons. The fraction of sp³-hybridized carbons (Fsp3) is 0.938. The first-order valence-corrected chi connectivity index (χ1v) is 8.05. The molecule has 0 aromatic rings. The lowest BCUT2D eigenvalue weighted by Gasteiger charge is -2.06. The SMILES string of the molecule is CCCCCCCCCCC(=O)CC1CCNC1. The van der Waals surface area contributed by atoms with E-state index < -0.39 is 0 Å². The van der Waals surface area contributed by atoms with Crippen molar-refractivity contribution in [2.45, 2.75) is 77.6 Å². The van der Waals surface area contributed by atoms with E-state index in [1.807, 2.05) is 0 Å². The number of nitrogens with one attached hydrogen (secondary N) is 1. The van der Waals surface area contributed by atoms with Gasteiger partial charge in [-0.15, -0.1) is 0 Å². The maximum absolute atomic E-state index is 11.7. The molecule has 2 nitrogen and oxygen atoms in total. The molecule has 1 atom stereocenters. The Morgan fingerprint density at radius 2 is 1.72 bits per heavy atom. The Balaban J connectivity index is 1.83. The smallest absolute Gasteiger partial charge is 0.133 e. The van der Waals surface area contributed by atoms with E-state index in [0.717, 1.165) is 32.4 Å². The van der Waals surface area contributed by atoms with E-state index in [0.29, 0.717) is 11.7 Å². The molecule has 2 heteroatoms. The number of carbonyl (C=O) groups is 1. The molecule has 1 aliphatic heterocycles. The number of rotatable bonds is 11. The second-order valence-electron chi connectivity index (χ2n) is 5.83. The molecule has 0 amide bonds. The predicted octanol–water partition coefficient (Wildman–Crippen LogP) is 4.09. The molecule has 1 fully saturated rings. The van der Waals surface area contributed by atoms with E-state index in [4.69, 9.17) is 0 Å². The van der Waals surface area contributed by atoms with E-state index >= 15 is 0 Å². The molecule has 0 aliphatic carbocycles. The van der Waals surface area contributed by atoms with Gasteiger partial charge in [0.2, 0.25) is 0 Å². The van der Waals surface area contributed by atoms with Crippen LogP contribution in [0.15, 0.2) is 0 Å². The third kappa shape index (κ3) is 7.86. The van der Waals surface area contributed by atoms with Gasteiger partial charge in [-0.2, -0.15) is 0 Å². The molecule has 1 N–H and O–H groups in total. The van der Waals surface area contributed by atoms with Gasteiger partial charge >= 0.3 is 0 Å². The van der Waals surface area contributed by atoms with Crippen LogP contribution in [0.25, 0.3) is 0 Å². The largest absolute Gasteiger partial charge is 0.316 e. The van der Waals surface area contributed by atoms with E-state index in [1.165, 1.54) is 51.4 Å². The molecule has 0 bridgehead atoms. The van der Waals surface area contributed by atoms with Crippen molar-refractivity contribution in [1.82, 2.24) is 5.32 Å². The lowest BCUT2D eigenvalue weighted by molar-refractivity contribution is -0.119. The van der Waals surface area contributed by atoms with Crippen LogP contribution in [-0.4, -0.2) is 18.9 Å². The number of unbranched alkanes of at least 4 members (excludes halogenated alkanes) is 7. The van der Waals surface area contributed by atoms with Gasteiger partial charge in [0.25, 0.3) is 0 Å². The van der Waals surface area contributed by atoms with Crippen LogP contribution >= 0.6 is 0 Å². The highest BCUT2D eigenvalue weighted by Crippen LogP contribution is 2.15. The van der Waals surface area contributed by atoms with Gasteiger partial charge in [0.1, 0.15) is 5.78 Å². The highest BCUT2D eigenvalue weighted by atomic mass is 16.1.